The minimum absolute atomic E-state index is 0.148. The van der Waals surface area contributed by atoms with E-state index in [1.807, 2.05) is 13.0 Å². The molecule has 1 aliphatic carbocycles. The SMILES string of the molecule is COC(=O)[C@@]1(C)CCN(C(=O)Nc2ccc3c(c2)CCC3)C1. The number of urea groups is 1. The van der Waals surface area contributed by atoms with Gasteiger partial charge in [0.2, 0.25) is 0 Å². The molecular formula is C17H22N2O3. The molecule has 2 aliphatic rings. The van der Waals surface area contributed by atoms with Crippen molar-refractivity contribution in [3.05, 3.63) is 29.3 Å². The molecule has 0 unspecified atom stereocenters. The monoisotopic (exact) mass is 302 g/mol. The summed E-state index contributed by atoms with van der Waals surface area (Å²) >= 11 is 0. The van der Waals surface area contributed by atoms with Crippen molar-refractivity contribution in [2.75, 3.05) is 25.5 Å². The molecule has 0 spiro atoms. The first-order valence-electron chi connectivity index (χ1n) is 7.78. The predicted molar refractivity (Wildman–Crippen MR) is 83.8 cm³/mol. The number of nitrogens with one attached hydrogen (secondary N) is 1. The maximum absolute atomic E-state index is 12.4. The molecule has 5 heteroatoms. The van der Waals surface area contributed by atoms with Crippen LogP contribution in [0.4, 0.5) is 10.5 Å². The summed E-state index contributed by atoms with van der Waals surface area (Å²) in [6.45, 7) is 2.82. The predicted octanol–water partition coefficient (Wildman–Crippen LogP) is 2.59. The first kappa shape index (κ1) is 14.9. The first-order valence-corrected chi connectivity index (χ1v) is 7.78. The minimum Gasteiger partial charge on any atom is -0.469 e. The van der Waals surface area contributed by atoms with Gasteiger partial charge in [-0.1, -0.05) is 6.07 Å². The van der Waals surface area contributed by atoms with Crippen molar-refractivity contribution < 1.29 is 14.3 Å². The van der Waals surface area contributed by atoms with Crippen molar-refractivity contribution in [3.63, 3.8) is 0 Å². The highest BCUT2D eigenvalue weighted by Crippen LogP contribution is 2.32. The number of carbonyl (C=O) groups is 2. The fourth-order valence-corrected chi connectivity index (χ4v) is 3.40. The van der Waals surface area contributed by atoms with Gasteiger partial charge in [-0.15, -0.1) is 0 Å². The number of aryl methyl sites for hydroxylation is 2. The Bertz CT molecular complexity index is 614. The number of methoxy groups -OCH3 is 1. The third-order valence-corrected chi connectivity index (χ3v) is 4.79. The van der Waals surface area contributed by atoms with Crippen LogP contribution in [-0.2, 0) is 22.4 Å². The summed E-state index contributed by atoms with van der Waals surface area (Å²) in [4.78, 5) is 25.9. The first-order chi connectivity index (χ1) is 10.5. The number of rotatable bonds is 2. The molecule has 1 aromatic rings. The molecule has 0 saturated carbocycles. The quantitative estimate of drug-likeness (QED) is 0.854. The van der Waals surface area contributed by atoms with Gasteiger partial charge in [0, 0.05) is 18.8 Å². The number of likely N-dealkylation sites (tertiary alicyclic amines) is 1. The smallest absolute Gasteiger partial charge is 0.321 e. The fraction of sp³-hybridized carbons (Fsp3) is 0.529. The van der Waals surface area contributed by atoms with Crippen LogP contribution in [0.3, 0.4) is 0 Å². The highest BCUT2D eigenvalue weighted by atomic mass is 16.5. The van der Waals surface area contributed by atoms with E-state index in [9.17, 15) is 9.59 Å². The van der Waals surface area contributed by atoms with Crippen molar-refractivity contribution in [2.24, 2.45) is 5.41 Å². The maximum atomic E-state index is 12.4. The number of benzene rings is 1. The second kappa shape index (κ2) is 5.63. The number of hydrogen-bond acceptors (Lipinski definition) is 3. The molecule has 1 aromatic carbocycles. The van der Waals surface area contributed by atoms with E-state index in [0.717, 1.165) is 18.5 Å². The summed E-state index contributed by atoms with van der Waals surface area (Å²) in [5, 5.41) is 2.94. The van der Waals surface area contributed by atoms with Gasteiger partial charge in [0.15, 0.2) is 0 Å². The molecule has 1 N–H and O–H groups in total. The molecule has 0 radical (unpaired) electrons. The number of carbonyl (C=O) groups excluding carboxylic acids is 2. The van der Waals surface area contributed by atoms with Crippen molar-refractivity contribution in [1.29, 1.82) is 0 Å². The Kier molecular flexibility index (Phi) is 3.81. The standard InChI is InChI=1S/C17H22N2O3/c1-17(15(20)22-2)8-9-19(11-17)16(21)18-14-7-6-12-4-3-5-13(12)10-14/h6-7,10H,3-5,8-9,11H2,1-2H3,(H,18,21)/t17-/m0/s1. The van der Waals surface area contributed by atoms with Crippen LogP contribution in [0.2, 0.25) is 0 Å². The van der Waals surface area contributed by atoms with E-state index in [1.165, 1.54) is 24.7 Å². The van der Waals surface area contributed by atoms with E-state index in [4.69, 9.17) is 4.74 Å². The molecule has 1 aliphatic heterocycles. The minimum atomic E-state index is -0.593. The normalized spacial score (nSPS) is 23.3. The summed E-state index contributed by atoms with van der Waals surface area (Å²) in [5.74, 6) is -0.250. The lowest BCUT2D eigenvalue weighted by Crippen LogP contribution is -2.37. The number of fused-ring (bicyclic) bond motifs is 1. The zero-order valence-electron chi connectivity index (χ0n) is 13.1. The van der Waals surface area contributed by atoms with Crippen LogP contribution in [-0.4, -0.2) is 37.1 Å². The van der Waals surface area contributed by atoms with E-state index in [0.29, 0.717) is 19.5 Å². The van der Waals surface area contributed by atoms with Crippen molar-refractivity contribution in [1.82, 2.24) is 4.90 Å². The fourth-order valence-electron chi connectivity index (χ4n) is 3.40. The summed E-state index contributed by atoms with van der Waals surface area (Å²) in [6, 6.07) is 5.97. The van der Waals surface area contributed by atoms with Gasteiger partial charge < -0.3 is 15.0 Å². The zero-order chi connectivity index (χ0) is 15.7. The van der Waals surface area contributed by atoms with Crippen LogP contribution in [0.1, 0.15) is 30.9 Å². The second-order valence-corrected chi connectivity index (χ2v) is 6.49. The van der Waals surface area contributed by atoms with Crippen molar-refractivity contribution in [3.8, 4) is 0 Å². The average Bonchev–Trinajstić information content (AvgIpc) is 3.13. The van der Waals surface area contributed by atoms with Crippen LogP contribution in [0.15, 0.2) is 18.2 Å². The van der Waals surface area contributed by atoms with E-state index >= 15 is 0 Å². The summed E-state index contributed by atoms with van der Waals surface area (Å²) in [5.41, 5.74) is 2.96. The van der Waals surface area contributed by atoms with Crippen LogP contribution in [0, 0.1) is 5.41 Å². The van der Waals surface area contributed by atoms with Gasteiger partial charge in [-0.25, -0.2) is 4.79 Å². The lowest BCUT2D eigenvalue weighted by Gasteiger charge is -2.22. The van der Waals surface area contributed by atoms with Gasteiger partial charge in [0.1, 0.15) is 0 Å². The molecule has 2 amide bonds. The number of anilines is 1. The Labute approximate surface area is 130 Å². The Morgan fingerprint density at radius 2 is 2.05 bits per heavy atom. The molecule has 118 valence electrons. The second-order valence-electron chi connectivity index (χ2n) is 6.49. The van der Waals surface area contributed by atoms with E-state index in [-0.39, 0.29) is 12.0 Å². The number of hydrogen-bond donors (Lipinski definition) is 1. The molecule has 0 bridgehead atoms. The maximum Gasteiger partial charge on any atom is 0.321 e. The zero-order valence-corrected chi connectivity index (χ0v) is 13.1. The van der Waals surface area contributed by atoms with Crippen LogP contribution in [0.25, 0.3) is 0 Å². The van der Waals surface area contributed by atoms with Crippen LogP contribution in [0.5, 0.6) is 0 Å². The lowest BCUT2D eigenvalue weighted by molar-refractivity contribution is -0.150. The molecule has 22 heavy (non-hydrogen) atoms. The van der Waals surface area contributed by atoms with E-state index < -0.39 is 5.41 Å². The molecule has 5 nitrogen and oxygen atoms in total. The molecule has 1 fully saturated rings. The Hall–Kier alpha value is -2.04. The van der Waals surface area contributed by atoms with Gasteiger partial charge in [-0.05, 0) is 55.9 Å². The number of ether oxygens (including phenoxy) is 1. The van der Waals surface area contributed by atoms with E-state index in [2.05, 4.69) is 17.4 Å². The summed E-state index contributed by atoms with van der Waals surface area (Å²) in [7, 11) is 1.39. The molecule has 1 saturated heterocycles. The van der Waals surface area contributed by atoms with Gasteiger partial charge in [0.05, 0.1) is 12.5 Å². The molecule has 1 heterocycles. The topological polar surface area (TPSA) is 58.6 Å². The molecule has 3 rings (SSSR count). The summed E-state index contributed by atoms with van der Waals surface area (Å²) in [6.07, 6.45) is 4.05. The highest BCUT2D eigenvalue weighted by molar-refractivity contribution is 5.90. The largest absolute Gasteiger partial charge is 0.469 e. The Balaban J connectivity index is 1.65. The van der Waals surface area contributed by atoms with E-state index in [1.54, 1.807) is 4.90 Å². The Morgan fingerprint density at radius 1 is 1.27 bits per heavy atom. The molecular weight excluding hydrogens is 280 g/mol. The Morgan fingerprint density at radius 3 is 2.82 bits per heavy atom. The van der Waals surface area contributed by atoms with Crippen molar-refractivity contribution >= 4 is 17.7 Å². The molecule has 0 aromatic heterocycles. The average molecular weight is 302 g/mol. The van der Waals surface area contributed by atoms with Gasteiger partial charge >= 0.3 is 12.0 Å². The van der Waals surface area contributed by atoms with Gasteiger partial charge in [-0.3, -0.25) is 4.79 Å². The number of esters is 1. The van der Waals surface area contributed by atoms with Gasteiger partial charge in [0.25, 0.3) is 0 Å². The highest BCUT2D eigenvalue weighted by Gasteiger charge is 2.43. The van der Waals surface area contributed by atoms with Crippen LogP contribution < -0.4 is 5.32 Å². The number of nitrogens with zero attached hydrogens (tertiary/aromatic N) is 1. The third-order valence-electron chi connectivity index (χ3n) is 4.79. The summed E-state index contributed by atoms with van der Waals surface area (Å²) < 4.78 is 4.84. The third kappa shape index (κ3) is 2.67. The molecule has 1 atom stereocenters. The van der Waals surface area contributed by atoms with Crippen LogP contribution >= 0.6 is 0 Å². The van der Waals surface area contributed by atoms with Gasteiger partial charge in [-0.2, -0.15) is 0 Å². The lowest BCUT2D eigenvalue weighted by atomic mass is 9.90. The number of amides is 2. The van der Waals surface area contributed by atoms with Crippen molar-refractivity contribution in [2.45, 2.75) is 32.6 Å².